The van der Waals surface area contributed by atoms with Gasteiger partial charge in [0.15, 0.2) is 5.76 Å². The van der Waals surface area contributed by atoms with Crippen LogP contribution in [0.4, 0.5) is 5.00 Å². The van der Waals surface area contributed by atoms with Crippen molar-refractivity contribution in [3.63, 3.8) is 0 Å². The number of furan rings is 1. The third kappa shape index (κ3) is 4.25. The number of thiophene rings is 1. The lowest BCUT2D eigenvalue weighted by molar-refractivity contribution is 0.0998. The zero-order valence-corrected chi connectivity index (χ0v) is 19.8. The molecule has 1 N–H and O–H groups in total. The minimum atomic E-state index is -0.396. The summed E-state index contributed by atoms with van der Waals surface area (Å²) in [6.45, 7) is 6.76. The summed E-state index contributed by atoms with van der Waals surface area (Å²) in [6.07, 6.45) is 2.86. The van der Waals surface area contributed by atoms with Crippen molar-refractivity contribution >= 4 is 45.4 Å². The van der Waals surface area contributed by atoms with Crippen LogP contribution in [0.3, 0.4) is 0 Å². The third-order valence-electron chi connectivity index (χ3n) is 5.88. The summed E-state index contributed by atoms with van der Waals surface area (Å²) in [5, 5.41) is 14.0. The number of fused-ring (bicyclic) bond motifs is 1. The van der Waals surface area contributed by atoms with Gasteiger partial charge in [-0.3, -0.25) is 4.79 Å². The Bertz CT molecular complexity index is 1200. The summed E-state index contributed by atoms with van der Waals surface area (Å²) in [6, 6.07) is 10.8. The van der Waals surface area contributed by atoms with Crippen LogP contribution < -0.4 is 5.32 Å². The first-order valence-electron chi connectivity index (χ1n) is 10.1. The van der Waals surface area contributed by atoms with E-state index in [1.54, 1.807) is 30.3 Å². The van der Waals surface area contributed by atoms with E-state index in [9.17, 15) is 10.1 Å². The molecule has 7 heteroatoms. The molecule has 4 rings (SSSR count). The summed E-state index contributed by atoms with van der Waals surface area (Å²) in [7, 11) is 0. The molecule has 1 aromatic carbocycles. The van der Waals surface area contributed by atoms with E-state index in [1.165, 1.54) is 16.2 Å². The number of hydrogen-bond acceptors (Lipinski definition) is 4. The maximum Gasteiger partial charge on any atom is 0.292 e. The van der Waals surface area contributed by atoms with Crippen molar-refractivity contribution in [3.05, 3.63) is 62.1 Å². The molecule has 1 amide bonds. The largest absolute Gasteiger partial charge is 0.451 e. The van der Waals surface area contributed by atoms with E-state index in [2.05, 4.69) is 32.2 Å². The average molecular weight is 473 g/mol. The van der Waals surface area contributed by atoms with Crippen molar-refractivity contribution in [1.82, 2.24) is 0 Å². The van der Waals surface area contributed by atoms with Gasteiger partial charge in [-0.2, -0.15) is 5.26 Å². The number of nitrogens with zero attached hydrogens (tertiary/aromatic N) is 1. The zero-order valence-electron chi connectivity index (χ0n) is 17.5. The number of hydrogen-bond donors (Lipinski definition) is 1. The number of anilines is 1. The molecular weight excluding hydrogens is 451 g/mol. The first-order chi connectivity index (χ1) is 14.7. The molecule has 2 aromatic heterocycles. The molecule has 2 heterocycles. The van der Waals surface area contributed by atoms with Crippen LogP contribution in [0.5, 0.6) is 0 Å². The van der Waals surface area contributed by atoms with Gasteiger partial charge < -0.3 is 9.73 Å². The van der Waals surface area contributed by atoms with E-state index >= 15 is 0 Å². The molecule has 0 unspecified atom stereocenters. The Hall–Kier alpha value is -2.26. The highest BCUT2D eigenvalue weighted by atomic mass is 35.5. The van der Waals surface area contributed by atoms with Crippen molar-refractivity contribution in [2.45, 2.75) is 40.0 Å². The number of amides is 1. The first-order valence-corrected chi connectivity index (χ1v) is 11.7. The molecule has 4 nitrogen and oxygen atoms in total. The summed E-state index contributed by atoms with van der Waals surface area (Å²) < 4.78 is 5.74. The van der Waals surface area contributed by atoms with E-state index in [1.807, 2.05) is 0 Å². The number of carbonyl (C=O) groups is 1. The van der Waals surface area contributed by atoms with Crippen LogP contribution in [0.2, 0.25) is 10.0 Å². The lowest BCUT2D eigenvalue weighted by Crippen LogP contribution is -2.26. The van der Waals surface area contributed by atoms with Crippen molar-refractivity contribution in [3.8, 4) is 17.4 Å². The van der Waals surface area contributed by atoms with E-state index in [-0.39, 0.29) is 11.2 Å². The molecule has 0 fully saturated rings. The fraction of sp³-hybridized carbons (Fsp3) is 0.333. The third-order valence-corrected chi connectivity index (χ3v) is 7.86. The second kappa shape index (κ2) is 8.35. The van der Waals surface area contributed by atoms with Crippen molar-refractivity contribution < 1.29 is 9.21 Å². The normalized spacial score (nSPS) is 15.9. The van der Waals surface area contributed by atoms with Crippen LogP contribution >= 0.6 is 34.5 Å². The Morgan fingerprint density at radius 3 is 2.74 bits per heavy atom. The van der Waals surface area contributed by atoms with Crippen LogP contribution in [-0.2, 0) is 12.8 Å². The van der Waals surface area contributed by atoms with Gasteiger partial charge in [-0.15, -0.1) is 11.3 Å². The molecule has 1 atom stereocenters. The van der Waals surface area contributed by atoms with Crippen LogP contribution in [0.25, 0.3) is 11.3 Å². The molecule has 0 spiro atoms. The molecule has 160 valence electrons. The second-order valence-electron chi connectivity index (χ2n) is 8.84. The van der Waals surface area contributed by atoms with Gasteiger partial charge >= 0.3 is 0 Å². The van der Waals surface area contributed by atoms with Gasteiger partial charge in [-0.25, -0.2) is 0 Å². The van der Waals surface area contributed by atoms with Crippen molar-refractivity contribution in [2.75, 3.05) is 5.32 Å². The summed E-state index contributed by atoms with van der Waals surface area (Å²) in [4.78, 5) is 14.0. The number of benzene rings is 1. The monoisotopic (exact) mass is 472 g/mol. The topological polar surface area (TPSA) is 66.0 Å². The highest BCUT2D eigenvalue weighted by Gasteiger charge is 2.32. The smallest absolute Gasteiger partial charge is 0.292 e. The van der Waals surface area contributed by atoms with E-state index in [0.717, 1.165) is 24.8 Å². The molecule has 0 saturated heterocycles. The van der Waals surface area contributed by atoms with Crippen LogP contribution in [0.1, 0.15) is 53.8 Å². The van der Waals surface area contributed by atoms with Gasteiger partial charge in [0.1, 0.15) is 16.8 Å². The molecule has 3 aromatic rings. The van der Waals surface area contributed by atoms with Crippen LogP contribution in [0.15, 0.2) is 34.7 Å². The maximum atomic E-state index is 12.8. The first kappa shape index (κ1) is 22.0. The Kier molecular flexibility index (Phi) is 5.91. The van der Waals surface area contributed by atoms with E-state index in [4.69, 9.17) is 27.6 Å². The van der Waals surface area contributed by atoms with Gasteiger partial charge in [0.05, 0.1) is 15.6 Å². The quantitative estimate of drug-likeness (QED) is 0.426. The molecule has 0 aliphatic heterocycles. The molecule has 1 aliphatic carbocycles. The van der Waals surface area contributed by atoms with Gasteiger partial charge in [0.2, 0.25) is 0 Å². The summed E-state index contributed by atoms with van der Waals surface area (Å²) in [5.41, 5.74) is 2.48. The number of nitriles is 1. The molecule has 31 heavy (non-hydrogen) atoms. The summed E-state index contributed by atoms with van der Waals surface area (Å²) >= 11 is 13.8. The van der Waals surface area contributed by atoms with Gasteiger partial charge in [0, 0.05) is 10.4 Å². The Balaban J connectivity index is 1.58. The highest BCUT2D eigenvalue weighted by Crippen LogP contribution is 2.44. The molecule has 0 saturated carbocycles. The SMILES string of the molecule is CC(C)(C)[C@@H]1CCc2c(sc(NC(=O)c3ccc(-c4cccc(Cl)c4Cl)o3)c2C#N)C1. The lowest BCUT2D eigenvalue weighted by atomic mass is 9.72. The zero-order chi connectivity index (χ0) is 22.3. The number of halogens is 2. The highest BCUT2D eigenvalue weighted by molar-refractivity contribution is 7.16. The Labute approximate surface area is 195 Å². The molecule has 0 radical (unpaired) electrons. The van der Waals surface area contributed by atoms with Crippen LogP contribution in [0, 0.1) is 22.7 Å². The fourth-order valence-electron chi connectivity index (χ4n) is 3.99. The standard InChI is InChI=1S/C24H22Cl2N2O2S/c1-24(2,3)13-7-8-14-16(12-27)23(31-20(14)11-13)28-22(29)19-10-9-18(30-19)15-5-4-6-17(25)21(15)26/h4-6,9-10,13H,7-8,11H2,1-3H3,(H,28,29)/t13-/m1/s1. The fourth-order valence-corrected chi connectivity index (χ4v) is 5.66. The van der Waals surface area contributed by atoms with Gasteiger partial charge in [-0.1, -0.05) is 50.0 Å². The minimum absolute atomic E-state index is 0.147. The van der Waals surface area contributed by atoms with E-state index in [0.29, 0.717) is 37.9 Å². The number of rotatable bonds is 3. The Morgan fingerprint density at radius 2 is 2.03 bits per heavy atom. The predicted molar refractivity (Wildman–Crippen MR) is 126 cm³/mol. The number of nitrogens with one attached hydrogen (secondary N) is 1. The predicted octanol–water partition coefficient (Wildman–Crippen LogP) is 7.59. The number of carbonyl (C=O) groups excluding carboxylic acids is 1. The van der Waals surface area contributed by atoms with Gasteiger partial charge in [-0.05, 0) is 60.4 Å². The molecule has 0 bridgehead atoms. The maximum absolute atomic E-state index is 12.8. The van der Waals surface area contributed by atoms with E-state index < -0.39 is 5.91 Å². The Morgan fingerprint density at radius 1 is 1.26 bits per heavy atom. The van der Waals surface area contributed by atoms with Crippen LogP contribution in [-0.4, -0.2) is 5.91 Å². The van der Waals surface area contributed by atoms with Gasteiger partial charge in [0.25, 0.3) is 5.91 Å². The second-order valence-corrected chi connectivity index (χ2v) is 10.7. The summed E-state index contributed by atoms with van der Waals surface area (Å²) in [5.74, 6) is 0.765. The van der Waals surface area contributed by atoms with Crippen molar-refractivity contribution in [1.29, 1.82) is 5.26 Å². The average Bonchev–Trinajstić information content (AvgIpc) is 3.33. The molecular formula is C24H22Cl2N2O2S. The van der Waals surface area contributed by atoms with Crippen molar-refractivity contribution in [2.24, 2.45) is 11.3 Å². The minimum Gasteiger partial charge on any atom is -0.451 e. The molecule has 1 aliphatic rings. The lowest BCUT2D eigenvalue weighted by Gasteiger charge is -2.33.